The van der Waals surface area contributed by atoms with Gasteiger partial charge in [-0.05, 0) is 20.8 Å². The van der Waals surface area contributed by atoms with Crippen molar-refractivity contribution in [2.45, 2.75) is 32.9 Å². The van der Waals surface area contributed by atoms with Gasteiger partial charge in [0.25, 0.3) is 0 Å². The van der Waals surface area contributed by atoms with Crippen LogP contribution in [0.3, 0.4) is 0 Å². The molecule has 0 fully saturated rings. The molecule has 1 aromatic heterocycles. The summed E-state index contributed by atoms with van der Waals surface area (Å²) in [7, 11) is 0. The minimum atomic E-state index is -1.14. The van der Waals surface area contributed by atoms with Crippen molar-refractivity contribution in [3.63, 3.8) is 0 Å². The lowest BCUT2D eigenvalue weighted by Gasteiger charge is -2.19. The van der Waals surface area contributed by atoms with Gasteiger partial charge in [-0.2, -0.15) is 10.4 Å². The SMILES string of the molecule is CC(C)(C)OC(=O)Nc1c(C#N)cnn1CC(=O)O. The summed E-state index contributed by atoms with van der Waals surface area (Å²) in [6, 6.07) is 1.81. The minimum Gasteiger partial charge on any atom is -0.480 e. The van der Waals surface area contributed by atoms with Crippen LogP contribution in [-0.4, -0.2) is 32.6 Å². The van der Waals surface area contributed by atoms with E-state index >= 15 is 0 Å². The van der Waals surface area contributed by atoms with Crippen molar-refractivity contribution in [3.05, 3.63) is 11.8 Å². The van der Waals surface area contributed by atoms with Crippen LogP contribution >= 0.6 is 0 Å². The molecule has 2 N–H and O–H groups in total. The average molecular weight is 266 g/mol. The first-order valence-corrected chi connectivity index (χ1v) is 5.40. The van der Waals surface area contributed by atoms with E-state index in [1.54, 1.807) is 20.8 Å². The van der Waals surface area contributed by atoms with Crippen molar-refractivity contribution in [2.24, 2.45) is 0 Å². The maximum atomic E-state index is 11.6. The second-order valence-electron chi connectivity index (χ2n) is 4.70. The van der Waals surface area contributed by atoms with Crippen LogP contribution < -0.4 is 5.32 Å². The monoisotopic (exact) mass is 266 g/mol. The fourth-order valence-electron chi connectivity index (χ4n) is 1.25. The van der Waals surface area contributed by atoms with Crippen LogP contribution in [0.2, 0.25) is 0 Å². The summed E-state index contributed by atoms with van der Waals surface area (Å²) >= 11 is 0. The van der Waals surface area contributed by atoms with E-state index < -0.39 is 24.2 Å². The molecule has 1 heterocycles. The molecule has 0 aliphatic rings. The number of amides is 1. The Labute approximate surface area is 109 Å². The van der Waals surface area contributed by atoms with Gasteiger partial charge in [-0.25, -0.2) is 9.48 Å². The molecule has 0 aromatic carbocycles. The molecule has 8 nitrogen and oxygen atoms in total. The highest BCUT2D eigenvalue weighted by Gasteiger charge is 2.20. The topological polar surface area (TPSA) is 117 Å². The van der Waals surface area contributed by atoms with E-state index in [0.29, 0.717) is 0 Å². The number of carbonyl (C=O) groups is 2. The highest BCUT2D eigenvalue weighted by molar-refractivity contribution is 5.85. The fraction of sp³-hybridized carbons (Fsp3) is 0.455. The number of carboxylic acid groups (broad SMARTS) is 1. The lowest BCUT2D eigenvalue weighted by atomic mass is 10.2. The van der Waals surface area contributed by atoms with Crippen molar-refractivity contribution in [1.29, 1.82) is 5.26 Å². The van der Waals surface area contributed by atoms with Crippen LogP contribution in [-0.2, 0) is 16.1 Å². The van der Waals surface area contributed by atoms with Crippen LogP contribution in [0.25, 0.3) is 0 Å². The van der Waals surface area contributed by atoms with E-state index in [4.69, 9.17) is 15.1 Å². The Morgan fingerprint density at radius 3 is 2.68 bits per heavy atom. The Morgan fingerprint density at radius 2 is 2.21 bits per heavy atom. The standard InChI is InChI=1S/C11H14N4O4/c1-11(2,3)19-10(18)14-9-7(4-12)5-13-15(9)6-8(16)17/h5H,6H2,1-3H3,(H,14,18)(H,16,17). The third-order valence-electron chi connectivity index (χ3n) is 1.86. The second kappa shape index (κ2) is 5.39. The zero-order chi connectivity index (χ0) is 14.6. The smallest absolute Gasteiger partial charge is 0.413 e. The summed E-state index contributed by atoms with van der Waals surface area (Å²) in [6.45, 7) is 4.60. The van der Waals surface area contributed by atoms with Crippen molar-refractivity contribution in [3.8, 4) is 6.07 Å². The molecule has 1 rings (SSSR count). The lowest BCUT2D eigenvalue weighted by molar-refractivity contribution is -0.137. The Bertz CT molecular complexity index is 536. The highest BCUT2D eigenvalue weighted by atomic mass is 16.6. The Hall–Kier alpha value is -2.56. The van der Waals surface area contributed by atoms with Gasteiger partial charge in [0.15, 0.2) is 5.82 Å². The molecular weight excluding hydrogens is 252 g/mol. The van der Waals surface area contributed by atoms with E-state index in [1.165, 1.54) is 6.20 Å². The highest BCUT2D eigenvalue weighted by Crippen LogP contribution is 2.16. The van der Waals surface area contributed by atoms with Crippen molar-refractivity contribution < 1.29 is 19.4 Å². The molecule has 0 saturated heterocycles. The number of aromatic nitrogens is 2. The Balaban J connectivity index is 2.93. The largest absolute Gasteiger partial charge is 0.480 e. The molecule has 0 bridgehead atoms. The van der Waals surface area contributed by atoms with Gasteiger partial charge >= 0.3 is 12.1 Å². The summed E-state index contributed by atoms with van der Waals surface area (Å²) in [5, 5.41) is 23.6. The van der Waals surface area contributed by atoms with E-state index in [2.05, 4.69) is 10.4 Å². The summed E-state index contributed by atoms with van der Waals surface area (Å²) in [6.07, 6.45) is 0.395. The third-order valence-corrected chi connectivity index (χ3v) is 1.86. The number of rotatable bonds is 3. The van der Waals surface area contributed by atoms with Gasteiger partial charge in [-0.15, -0.1) is 0 Å². The Kier molecular flexibility index (Phi) is 4.11. The predicted molar refractivity (Wildman–Crippen MR) is 64.4 cm³/mol. The third kappa shape index (κ3) is 4.31. The van der Waals surface area contributed by atoms with Gasteiger partial charge in [-0.3, -0.25) is 10.1 Å². The van der Waals surface area contributed by atoms with Gasteiger partial charge in [-0.1, -0.05) is 0 Å². The second-order valence-corrected chi connectivity index (χ2v) is 4.70. The number of nitrogens with one attached hydrogen (secondary N) is 1. The number of nitriles is 1. The number of aliphatic carboxylic acids is 1. The normalized spacial score (nSPS) is 10.6. The molecule has 0 aliphatic carbocycles. The number of hydrogen-bond acceptors (Lipinski definition) is 5. The van der Waals surface area contributed by atoms with E-state index in [1.807, 2.05) is 6.07 Å². The molecule has 0 atom stereocenters. The van der Waals surface area contributed by atoms with E-state index in [-0.39, 0.29) is 11.4 Å². The maximum absolute atomic E-state index is 11.6. The maximum Gasteiger partial charge on any atom is 0.413 e. The van der Waals surface area contributed by atoms with Crippen LogP contribution in [0, 0.1) is 11.3 Å². The van der Waals surface area contributed by atoms with Gasteiger partial charge in [0.05, 0.1) is 6.20 Å². The van der Waals surface area contributed by atoms with E-state index in [0.717, 1.165) is 4.68 Å². The minimum absolute atomic E-state index is 0.000787. The molecule has 1 aromatic rings. The number of carbonyl (C=O) groups excluding carboxylic acids is 1. The first kappa shape index (κ1) is 14.5. The molecule has 0 saturated carbocycles. The number of hydrogen-bond donors (Lipinski definition) is 2. The average Bonchev–Trinajstić information content (AvgIpc) is 2.57. The summed E-state index contributed by atoms with van der Waals surface area (Å²) in [5.74, 6) is -1.14. The molecular formula is C11H14N4O4. The first-order valence-electron chi connectivity index (χ1n) is 5.40. The zero-order valence-corrected chi connectivity index (χ0v) is 10.8. The van der Waals surface area contributed by atoms with Crippen molar-refractivity contribution in [1.82, 2.24) is 9.78 Å². The first-order chi connectivity index (χ1) is 8.73. The van der Waals surface area contributed by atoms with Gasteiger partial charge in [0.1, 0.15) is 23.8 Å². The fourth-order valence-corrected chi connectivity index (χ4v) is 1.25. The van der Waals surface area contributed by atoms with Crippen LogP contribution in [0.15, 0.2) is 6.20 Å². The van der Waals surface area contributed by atoms with Crippen LogP contribution in [0.1, 0.15) is 26.3 Å². The van der Waals surface area contributed by atoms with Crippen molar-refractivity contribution >= 4 is 17.9 Å². The van der Waals surface area contributed by atoms with Crippen molar-refractivity contribution in [2.75, 3.05) is 5.32 Å². The molecule has 1 amide bonds. The molecule has 19 heavy (non-hydrogen) atoms. The summed E-state index contributed by atoms with van der Waals surface area (Å²) < 4.78 is 6.03. The summed E-state index contributed by atoms with van der Waals surface area (Å²) in [4.78, 5) is 22.2. The van der Waals surface area contributed by atoms with Gasteiger partial charge in [0, 0.05) is 0 Å². The van der Waals surface area contributed by atoms with Crippen LogP contribution in [0.5, 0.6) is 0 Å². The van der Waals surface area contributed by atoms with E-state index in [9.17, 15) is 9.59 Å². The van der Waals surface area contributed by atoms with Crippen LogP contribution in [0.4, 0.5) is 10.6 Å². The van der Waals surface area contributed by atoms with Gasteiger partial charge < -0.3 is 9.84 Å². The Morgan fingerprint density at radius 1 is 1.58 bits per heavy atom. The number of ether oxygens (including phenoxy) is 1. The predicted octanol–water partition coefficient (Wildman–Crippen LogP) is 1.19. The number of anilines is 1. The molecule has 0 spiro atoms. The molecule has 0 radical (unpaired) electrons. The lowest BCUT2D eigenvalue weighted by Crippen LogP contribution is -2.28. The molecule has 0 unspecified atom stereocenters. The quantitative estimate of drug-likeness (QED) is 0.848. The number of carboxylic acids is 1. The number of nitrogens with zero attached hydrogens (tertiary/aromatic N) is 3. The molecule has 0 aliphatic heterocycles. The summed E-state index contributed by atoms with van der Waals surface area (Å²) in [5.41, 5.74) is -0.638. The zero-order valence-electron chi connectivity index (χ0n) is 10.8. The molecule has 8 heteroatoms. The van der Waals surface area contributed by atoms with Gasteiger partial charge in [0.2, 0.25) is 0 Å². The molecule has 102 valence electrons.